The number of carbonyl (C=O) groups is 3. The van der Waals surface area contributed by atoms with Gasteiger partial charge in [0.05, 0.1) is 43.4 Å². The number of hydrogen-bond acceptors (Lipinski definition) is 25. The van der Waals surface area contributed by atoms with Crippen LogP contribution in [-0.4, -0.2) is 237 Å². The van der Waals surface area contributed by atoms with E-state index in [4.69, 9.17) is 56.8 Å². The first-order valence-electron chi connectivity index (χ1n) is 29.3. The largest absolute Gasteiger partial charge is 0.462 e. The predicted molar refractivity (Wildman–Crippen MR) is 282 cm³/mol. The van der Waals surface area contributed by atoms with Crippen molar-refractivity contribution in [1.82, 2.24) is 0 Å². The third-order valence-electron chi connectivity index (χ3n) is 20.8. The number of allylic oxidation sites excluding steroid dienone is 3. The third-order valence-corrected chi connectivity index (χ3v) is 20.8. The van der Waals surface area contributed by atoms with E-state index in [1.54, 1.807) is 0 Å². The molecule has 0 bridgehead atoms. The summed E-state index contributed by atoms with van der Waals surface area (Å²) in [5, 5.41) is 110. The molecule has 472 valence electrons. The lowest BCUT2D eigenvalue weighted by Crippen LogP contribution is -2.67. The molecule has 1 spiro atoms. The molecule has 29 atom stereocenters. The number of methoxy groups -OCH3 is 1. The van der Waals surface area contributed by atoms with E-state index in [2.05, 4.69) is 40.3 Å². The second-order valence-corrected chi connectivity index (χ2v) is 26.2. The second-order valence-electron chi connectivity index (χ2n) is 26.2. The molecule has 0 aromatic heterocycles. The van der Waals surface area contributed by atoms with Crippen molar-refractivity contribution in [3.63, 3.8) is 0 Å². The highest BCUT2D eigenvalue weighted by atomic mass is 16.8. The van der Waals surface area contributed by atoms with Gasteiger partial charge in [-0.2, -0.15) is 0 Å². The Hall–Kier alpha value is -2.87. The van der Waals surface area contributed by atoms with E-state index < -0.39 is 193 Å². The maximum absolute atomic E-state index is 14.9. The van der Waals surface area contributed by atoms with Gasteiger partial charge < -0.3 is 108 Å². The summed E-state index contributed by atoms with van der Waals surface area (Å²) in [6, 6.07) is 0. The van der Waals surface area contributed by atoms with Gasteiger partial charge in [0, 0.05) is 21.0 Å². The zero-order valence-electron chi connectivity index (χ0n) is 49.1. The molecule has 5 aliphatic heterocycles. The molecule has 5 heterocycles. The Labute approximate surface area is 483 Å². The Bertz CT molecular complexity index is 2390. The molecule has 4 aliphatic carbocycles. The molecule has 25 nitrogen and oxygen atoms in total. The zero-order chi connectivity index (χ0) is 60.8. The first-order valence-corrected chi connectivity index (χ1v) is 29.3. The fourth-order valence-electron chi connectivity index (χ4n) is 16.7. The summed E-state index contributed by atoms with van der Waals surface area (Å²) < 4.78 is 72.2. The van der Waals surface area contributed by atoms with Crippen molar-refractivity contribution in [2.75, 3.05) is 26.9 Å². The molecular weight excluding hydrogens is 1100 g/mol. The third kappa shape index (κ3) is 11.0. The number of cyclic esters (lactones) is 1. The maximum Gasteiger partial charge on any atom is 0.314 e. The lowest BCUT2D eigenvalue weighted by atomic mass is 9.41. The molecule has 5 saturated heterocycles. The van der Waals surface area contributed by atoms with E-state index in [1.165, 1.54) is 33.5 Å². The summed E-state index contributed by atoms with van der Waals surface area (Å²) in [6.45, 7) is 18.7. The van der Waals surface area contributed by atoms with Gasteiger partial charge in [-0.25, -0.2) is 0 Å². The molecular formula is C58H90O25. The lowest BCUT2D eigenvalue weighted by Gasteiger charge is -2.63. The van der Waals surface area contributed by atoms with Gasteiger partial charge in [0.15, 0.2) is 30.8 Å². The Kier molecular flexibility index (Phi) is 18.9. The highest BCUT2D eigenvalue weighted by Gasteiger charge is 2.81. The lowest BCUT2D eigenvalue weighted by molar-refractivity contribution is -0.389. The first kappa shape index (κ1) is 64.6. The normalized spacial score (nSPS) is 49.7. The van der Waals surface area contributed by atoms with Crippen LogP contribution in [0.3, 0.4) is 0 Å². The first-order chi connectivity index (χ1) is 38.9. The SMILES string of the molecule is C=C(C)CCC(OC(C)=O)[C@]1(C)OC(=O)[C@]23CC=C4[C@@H](CC[C@H]5C(C)(C)[C@@H](O[C@@H]6OC[C@@H](O)[C@H](O)[C@H]6O[C@@H]6O[C@H](C)[C@@H](O[C@@H]7O[C@H](CO)[C@@H](O)[C@H](O[C@@H]8O[C@H](CO)[C@@H](O)[C@H](OC)[C@H]8O)[C@H]7O)[C@H](O)[C@H]6O)CC[C@]45C)[C@]2(C)C[C@H](OC(C)=O)[C@H]13. The van der Waals surface area contributed by atoms with Crippen LogP contribution in [0.1, 0.15) is 114 Å². The highest BCUT2D eigenvalue weighted by molar-refractivity contribution is 5.84. The topological polar surface area (TPSA) is 364 Å². The van der Waals surface area contributed by atoms with Gasteiger partial charge in [0.2, 0.25) is 0 Å². The maximum atomic E-state index is 14.9. The smallest absolute Gasteiger partial charge is 0.314 e. The molecule has 10 N–H and O–H groups in total. The Morgan fingerprint density at radius 1 is 0.723 bits per heavy atom. The van der Waals surface area contributed by atoms with Crippen LogP contribution in [0.5, 0.6) is 0 Å². The van der Waals surface area contributed by atoms with Gasteiger partial charge in [-0.05, 0) is 100 Å². The fraction of sp³-hybridized carbons (Fsp3) is 0.879. The number of aliphatic hydroxyl groups excluding tert-OH is 10. The van der Waals surface area contributed by atoms with E-state index in [9.17, 15) is 65.4 Å². The molecule has 9 aliphatic rings. The quantitative estimate of drug-likeness (QED) is 0.0387. The van der Waals surface area contributed by atoms with Crippen LogP contribution in [0.2, 0.25) is 0 Å². The van der Waals surface area contributed by atoms with Crippen molar-refractivity contribution in [1.29, 1.82) is 0 Å². The monoisotopic (exact) mass is 1190 g/mol. The van der Waals surface area contributed by atoms with E-state index in [-0.39, 0.29) is 24.4 Å². The number of carbonyl (C=O) groups excluding carboxylic acids is 3. The van der Waals surface area contributed by atoms with Crippen LogP contribution in [0.15, 0.2) is 23.8 Å². The number of rotatable bonds is 17. The zero-order valence-corrected chi connectivity index (χ0v) is 49.1. The predicted octanol–water partition coefficient (Wildman–Crippen LogP) is -0.305. The van der Waals surface area contributed by atoms with Crippen LogP contribution < -0.4 is 0 Å². The van der Waals surface area contributed by atoms with Gasteiger partial charge in [0.1, 0.15) is 97.7 Å². The number of aliphatic hydroxyl groups is 10. The standard InChI is InChI=1S/C58H90O25/c1-24(2)12-15-36(76-27(5)62)57(10)48-31(75-26(4)61)20-56(9)29-13-14-34-54(6,7)35(17-18-55(34,8)28(29)16-19-58(48,56)53(71)83-57)79-52-47(37(64)30(63)23-73-52)82-49-41(68)40(67)44(25(3)74-49)80-51-43(70)46(39(66)33(22-60)78-51)81-50-42(69)45(72-11)38(65)32(21-59)77-50/h16,25,29-52,59-60,63-70H,1,12-15,17-23H2,2-11H3/t25-,29-,30-,31+,32-,33-,34+,35+,36?,37+,38-,39-,40-,41-,42-,43-,44-,45+,46+,47-,48-,49+,50+,51+,52+,55-,56+,57+,58-/m1/s1. The van der Waals surface area contributed by atoms with Gasteiger partial charge in [-0.3, -0.25) is 14.4 Å². The van der Waals surface area contributed by atoms with E-state index in [0.29, 0.717) is 44.9 Å². The van der Waals surface area contributed by atoms with Crippen LogP contribution in [-0.2, 0) is 71.2 Å². The molecule has 25 heteroatoms. The average molecular weight is 1190 g/mol. The fourth-order valence-corrected chi connectivity index (χ4v) is 16.7. The number of ether oxygens (including phenoxy) is 12. The number of esters is 3. The molecule has 0 aromatic rings. The van der Waals surface area contributed by atoms with Crippen molar-refractivity contribution in [3.8, 4) is 0 Å². The van der Waals surface area contributed by atoms with Crippen molar-refractivity contribution in [3.05, 3.63) is 23.8 Å². The van der Waals surface area contributed by atoms with Gasteiger partial charge >= 0.3 is 17.9 Å². The van der Waals surface area contributed by atoms with Crippen molar-refractivity contribution in [2.45, 2.75) is 254 Å². The van der Waals surface area contributed by atoms with Crippen molar-refractivity contribution in [2.24, 2.45) is 39.4 Å². The average Bonchev–Trinajstić information content (AvgIpc) is 1.54. The molecule has 0 radical (unpaired) electrons. The Morgan fingerprint density at radius 3 is 1.93 bits per heavy atom. The second kappa shape index (κ2) is 24.3. The number of fused-ring (bicyclic) bond motifs is 4. The van der Waals surface area contributed by atoms with Gasteiger partial charge in [-0.1, -0.05) is 44.9 Å². The molecule has 0 amide bonds. The van der Waals surface area contributed by atoms with Crippen LogP contribution in [0.4, 0.5) is 0 Å². The molecule has 9 rings (SSSR count). The molecule has 8 fully saturated rings. The molecule has 0 aromatic carbocycles. The van der Waals surface area contributed by atoms with Crippen LogP contribution in [0, 0.1) is 39.4 Å². The Balaban J connectivity index is 0.895. The summed E-state index contributed by atoms with van der Waals surface area (Å²) in [5.74, 6) is -2.12. The van der Waals surface area contributed by atoms with Gasteiger partial charge in [0.25, 0.3) is 0 Å². The summed E-state index contributed by atoms with van der Waals surface area (Å²) in [7, 11) is 1.20. The summed E-state index contributed by atoms with van der Waals surface area (Å²) in [4.78, 5) is 40.5. The van der Waals surface area contributed by atoms with Crippen LogP contribution >= 0.6 is 0 Å². The van der Waals surface area contributed by atoms with E-state index in [1.807, 2.05) is 13.8 Å². The van der Waals surface area contributed by atoms with E-state index >= 15 is 0 Å². The molecule has 83 heavy (non-hydrogen) atoms. The van der Waals surface area contributed by atoms with Crippen molar-refractivity contribution >= 4 is 17.9 Å². The van der Waals surface area contributed by atoms with E-state index in [0.717, 1.165) is 12.0 Å². The minimum absolute atomic E-state index is 0.00817. The summed E-state index contributed by atoms with van der Waals surface area (Å²) in [5.41, 5.74) is -2.02. The number of hydrogen-bond donors (Lipinski definition) is 10. The minimum Gasteiger partial charge on any atom is -0.462 e. The summed E-state index contributed by atoms with van der Waals surface area (Å²) >= 11 is 0. The van der Waals surface area contributed by atoms with Crippen molar-refractivity contribution < 1.29 is 122 Å². The minimum atomic E-state index is -1.92. The highest BCUT2D eigenvalue weighted by Crippen LogP contribution is 2.76. The molecule has 1 unspecified atom stereocenters. The molecule has 3 saturated carbocycles. The summed E-state index contributed by atoms with van der Waals surface area (Å²) in [6.07, 6.45) is -25.8. The van der Waals surface area contributed by atoms with Crippen LogP contribution in [0.25, 0.3) is 0 Å². The van der Waals surface area contributed by atoms with Gasteiger partial charge in [-0.15, -0.1) is 6.58 Å². The Morgan fingerprint density at radius 2 is 1.33 bits per heavy atom.